The molecule has 26 heavy (non-hydrogen) atoms. The number of aromatic nitrogens is 2. The molecule has 2 aromatic rings. The first-order valence-corrected chi connectivity index (χ1v) is 8.05. The maximum Gasteiger partial charge on any atom is 0.331 e. The van der Waals surface area contributed by atoms with Crippen molar-refractivity contribution in [3.8, 4) is 11.5 Å². The molecule has 0 saturated carbocycles. The lowest BCUT2D eigenvalue weighted by Crippen LogP contribution is -2.20. The number of nitrogens with zero attached hydrogens (tertiary/aromatic N) is 2. The predicted octanol–water partition coefficient (Wildman–Crippen LogP) is 2.31. The van der Waals surface area contributed by atoms with Crippen LogP contribution in [0.3, 0.4) is 0 Å². The minimum Gasteiger partial charge on any atom is -0.454 e. The molecule has 9 heteroatoms. The zero-order valence-electron chi connectivity index (χ0n) is 14.1. The maximum atomic E-state index is 11.9. The molecule has 136 valence electrons. The van der Waals surface area contributed by atoms with Crippen molar-refractivity contribution in [3.63, 3.8) is 0 Å². The molecule has 2 heterocycles. The number of hydrogen-bond donors (Lipinski definition) is 1. The number of rotatable bonds is 5. The highest BCUT2D eigenvalue weighted by atomic mass is 35.5. The highest BCUT2D eigenvalue weighted by Gasteiger charge is 2.14. The van der Waals surface area contributed by atoms with E-state index in [1.54, 1.807) is 32.2 Å². The van der Waals surface area contributed by atoms with E-state index in [0.717, 1.165) is 0 Å². The quantitative estimate of drug-likeness (QED) is 0.635. The Bertz CT molecular complexity index is 891. The van der Waals surface area contributed by atoms with Gasteiger partial charge in [-0.05, 0) is 25.1 Å². The van der Waals surface area contributed by atoms with Crippen molar-refractivity contribution in [2.75, 3.05) is 18.7 Å². The number of fused-ring (bicyclic) bond motifs is 1. The second-order valence-corrected chi connectivity index (χ2v) is 5.83. The summed E-state index contributed by atoms with van der Waals surface area (Å²) in [5.74, 6) is 0.0294. The number of nitrogens with one attached hydrogen (secondary N) is 1. The van der Waals surface area contributed by atoms with E-state index in [2.05, 4.69) is 10.4 Å². The number of halogens is 1. The first-order valence-electron chi connectivity index (χ1n) is 7.67. The summed E-state index contributed by atoms with van der Waals surface area (Å²) in [6, 6.07) is 4.99. The van der Waals surface area contributed by atoms with Crippen molar-refractivity contribution in [2.24, 2.45) is 7.05 Å². The molecule has 1 N–H and O–H groups in total. The van der Waals surface area contributed by atoms with Crippen LogP contribution in [0.2, 0.25) is 5.15 Å². The summed E-state index contributed by atoms with van der Waals surface area (Å²) in [5.41, 5.74) is 1.82. The molecule has 0 saturated heterocycles. The lowest BCUT2D eigenvalue weighted by molar-refractivity contribution is -0.142. The zero-order chi connectivity index (χ0) is 18.7. The van der Waals surface area contributed by atoms with Gasteiger partial charge in [-0.25, -0.2) is 4.79 Å². The molecule has 0 bridgehead atoms. The van der Waals surface area contributed by atoms with Gasteiger partial charge in [0, 0.05) is 30.4 Å². The number of hydrogen-bond acceptors (Lipinski definition) is 6. The number of esters is 1. The van der Waals surface area contributed by atoms with Crippen LogP contribution >= 0.6 is 11.6 Å². The summed E-state index contributed by atoms with van der Waals surface area (Å²) >= 11 is 6.07. The lowest BCUT2D eigenvalue weighted by atomic mass is 10.2. The van der Waals surface area contributed by atoms with Gasteiger partial charge in [0.1, 0.15) is 5.15 Å². The van der Waals surface area contributed by atoms with Gasteiger partial charge in [0.15, 0.2) is 18.1 Å². The van der Waals surface area contributed by atoms with E-state index in [1.165, 1.54) is 16.8 Å². The Labute approximate surface area is 154 Å². The fourth-order valence-corrected chi connectivity index (χ4v) is 2.58. The third-order valence-electron chi connectivity index (χ3n) is 3.58. The molecule has 1 aromatic heterocycles. The second kappa shape index (κ2) is 7.49. The summed E-state index contributed by atoms with van der Waals surface area (Å²) in [7, 11) is 1.70. The molecule has 0 fully saturated rings. The minimum atomic E-state index is -0.662. The summed E-state index contributed by atoms with van der Waals surface area (Å²) in [5, 5.41) is 7.15. The highest BCUT2D eigenvalue weighted by molar-refractivity contribution is 6.31. The van der Waals surface area contributed by atoms with E-state index in [-0.39, 0.29) is 6.79 Å². The Morgan fingerprint density at radius 2 is 2.15 bits per heavy atom. The van der Waals surface area contributed by atoms with Crippen molar-refractivity contribution < 1.29 is 23.8 Å². The van der Waals surface area contributed by atoms with Gasteiger partial charge in [-0.3, -0.25) is 9.48 Å². The molecular formula is C17H16ClN3O5. The summed E-state index contributed by atoms with van der Waals surface area (Å²) in [6.45, 7) is 1.50. The molecule has 1 amide bonds. The van der Waals surface area contributed by atoms with E-state index < -0.39 is 18.5 Å². The van der Waals surface area contributed by atoms with E-state index in [4.69, 9.17) is 25.8 Å². The molecule has 3 rings (SSSR count). The lowest BCUT2D eigenvalue weighted by Gasteiger charge is -2.06. The van der Waals surface area contributed by atoms with Crippen molar-refractivity contribution in [2.45, 2.75) is 6.92 Å². The smallest absolute Gasteiger partial charge is 0.331 e. The zero-order valence-corrected chi connectivity index (χ0v) is 14.9. The summed E-state index contributed by atoms with van der Waals surface area (Å²) in [6.07, 6.45) is 2.70. The van der Waals surface area contributed by atoms with Crippen molar-refractivity contribution in [1.29, 1.82) is 0 Å². The van der Waals surface area contributed by atoms with Crippen molar-refractivity contribution >= 4 is 35.2 Å². The number of aryl methyl sites for hydroxylation is 2. The molecule has 0 spiro atoms. The number of benzene rings is 1. The van der Waals surface area contributed by atoms with Crippen LogP contribution in [-0.2, 0) is 21.4 Å². The van der Waals surface area contributed by atoms with Crippen LogP contribution in [0, 0.1) is 6.92 Å². The Kier molecular flexibility index (Phi) is 5.13. The Morgan fingerprint density at radius 1 is 1.38 bits per heavy atom. The standard InChI is InChI=1S/C17H16ClN3O5/c1-10-12(17(18)21(2)20-10)4-6-16(23)24-8-15(22)19-11-3-5-13-14(7-11)26-9-25-13/h3-7H,8-9H2,1-2H3,(H,19,22)/b6-4+. The molecule has 0 aliphatic carbocycles. The van der Waals surface area contributed by atoms with Gasteiger partial charge in [-0.15, -0.1) is 0 Å². The maximum absolute atomic E-state index is 11.9. The molecule has 8 nitrogen and oxygen atoms in total. The van der Waals surface area contributed by atoms with Crippen LogP contribution in [0.4, 0.5) is 5.69 Å². The van der Waals surface area contributed by atoms with Crippen LogP contribution in [0.1, 0.15) is 11.3 Å². The fraction of sp³-hybridized carbons (Fsp3) is 0.235. The molecular weight excluding hydrogens is 362 g/mol. The number of carbonyl (C=O) groups is 2. The molecule has 1 aliphatic heterocycles. The molecule has 1 aliphatic rings. The predicted molar refractivity (Wildman–Crippen MR) is 94.1 cm³/mol. The summed E-state index contributed by atoms with van der Waals surface area (Å²) < 4.78 is 16.8. The molecule has 0 atom stereocenters. The third-order valence-corrected chi connectivity index (χ3v) is 4.03. The van der Waals surface area contributed by atoms with Gasteiger partial charge >= 0.3 is 5.97 Å². The van der Waals surface area contributed by atoms with Crippen LogP contribution in [0.15, 0.2) is 24.3 Å². The highest BCUT2D eigenvalue weighted by Crippen LogP contribution is 2.34. The van der Waals surface area contributed by atoms with Gasteiger partial charge in [0.25, 0.3) is 5.91 Å². The van der Waals surface area contributed by atoms with Gasteiger partial charge in [-0.2, -0.15) is 5.10 Å². The molecule has 0 radical (unpaired) electrons. The fourth-order valence-electron chi connectivity index (χ4n) is 2.34. The largest absolute Gasteiger partial charge is 0.454 e. The Morgan fingerprint density at radius 3 is 2.88 bits per heavy atom. The summed E-state index contributed by atoms with van der Waals surface area (Å²) in [4.78, 5) is 23.6. The van der Waals surface area contributed by atoms with Gasteiger partial charge in [0.05, 0.1) is 5.69 Å². The van der Waals surface area contributed by atoms with E-state index in [9.17, 15) is 9.59 Å². The number of anilines is 1. The Hall–Kier alpha value is -3.00. The van der Waals surface area contributed by atoms with Gasteiger partial charge in [-0.1, -0.05) is 11.6 Å². The monoisotopic (exact) mass is 377 g/mol. The van der Waals surface area contributed by atoms with Crippen LogP contribution < -0.4 is 14.8 Å². The van der Waals surface area contributed by atoms with E-state index >= 15 is 0 Å². The number of carbonyl (C=O) groups excluding carboxylic acids is 2. The van der Waals surface area contributed by atoms with Gasteiger partial charge in [0.2, 0.25) is 6.79 Å². The topological polar surface area (TPSA) is 91.7 Å². The minimum absolute atomic E-state index is 0.150. The average Bonchev–Trinajstić information content (AvgIpc) is 3.16. The SMILES string of the molecule is Cc1nn(C)c(Cl)c1/C=C/C(=O)OCC(=O)Nc1ccc2c(c1)OCO2. The van der Waals surface area contributed by atoms with E-state index in [0.29, 0.717) is 33.6 Å². The van der Waals surface area contributed by atoms with Crippen molar-refractivity contribution in [3.05, 3.63) is 40.7 Å². The van der Waals surface area contributed by atoms with Crippen molar-refractivity contribution in [1.82, 2.24) is 9.78 Å². The average molecular weight is 378 g/mol. The third kappa shape index (κ3) is 3.97. The van der Waals surface area contributed by atoms with Crippen LogP contribution in [-0.4, -0.2) is 35.1 Å². The second-order valence-electron chi connectivity index (χ2n) is 5.47. The Balaban J connectivity index is 1.51. The van der Waals surface area contributed by atoms with Gasteiger partial charge < -0.3 is 19.5 Å². The first kappa shape index (κ1) is 17.8. The number of amides is 1. The van der Waals surface area contributed by atoms with E-state index in [1.807, 2.05) is 0 Å². The van der Waals surface area contributed by atoms with Crippen LogP contribution in [0.5, 0.6) is 11.5 Å². The van der Waals surface area contributed by atoms with Crippen LogP contribution in [0.25, 0.3) is 6.08 Å². The normalized spacial score (nSPS) is 12.4. The number of ether oxygens (including phenoxy) is 3. The molecule has 0 unspecified atom stereocenters. The first-order chi connectivity index (χ1) is 12.4. The molecule has 1 aromatic carbocycles.